The Bertz CT molecular complexity index is 453. The first-order valence-corrected chi connectivity index (χ1v) is 7.52. The first-order valence-electron chi connectivity index (χ1n) is 7.52. The Hall–Kier alpha value is -1.40. The number of carbonyl (C=O) groups is 1. The molecule has 1 aliphatic heterocycles. The minimum atomic E-state index is 0.00634. The molecule has 0 bridgehead atoms. The number of aryl methyl sites for hydroxylation is 1. The van der Waals surface area contributed by atoms with E-state index in [0.29, 0.717) is 13.2 Å². The molecule has 0 spiro atoms. The average Bonchev–Trinajstić information content (AvgIpc) is 3.07. The van der Waals surface area contributed by atoms with Gasteiger partial charge in [-0.2, -0.15) is 5.10 Å². The lowest BCUT2D eigenvalue weighted by atomic mass is 10.2. The highest BCUT2D eigenvalue weighted by Gasteiger charge is 2.20. The van der Waals surface area contributed by atoms with E-state index in [-0.39, 0.29) is 24.7 Å². The summed E-state index contributed by atoms with van der Waals surface area (Å²) in [7, 11) is 1.87. The summed E-state index contributed by atoms with van der Waals surface area (Å²) >= 11 is 0. The minimum Gasteiger partial charge on any atom is -0.376 e. The maximum atomic E-state index is 12.3. The lowest BCUT2D eigenvalue weighted by molar-refractivity contribution is -0.139. The molecule has 1 aliphatic rings. The molecule has 2 heterocycles. The molecule has 6 nitrogen and oxygen atoms in total. The summed E-state index contributed by atoms with van der Waals surface area (Å²) in [6.07, 6.45) is 5.98. The summed E-state index contributed by atoms with van der Waals surface area (Å²) in [6, 6.07) is 0.129. The largest absolute Gasteiger partial charge is 0.376 e. The van der Waals surface area contributed by atoms with Crippen molar-refractivity contribution in [1.82, 2.24) is 14.7 Å². The van der Waals surface area contributed by atoms with Crippen LogP contribution in [0, 0.1) is 0 Å². The normalized spacial score (nSPS) is 18.4. The number of hydrogen-bond acceptors (Lipinski definition) is 4. The maximum absolute atomic E-state index is 12.3. The fourth-order valence-corrected chi connectivity index (χ4v) is 2.45. The van der Waals surface area contributed by atoms with Gasteiger partial charge >= 0.3 is 0 Å². The molecule has 1 saturated heterocycles. The van der Waals surface area contributed by atoms with Crippen LogP contribution in [0.4, 0.5) is 0 Å². The Morgan fingerprint density at radius 1 is 1.62 bits per heavy atom. The predicted octanol–water partition coefficient (Wildman–Crippen LogP) is 1.35. The third kappa shape index (κ3) is 4.82. The lowest BCUT2D eigenvalue weighted by Crippen LogP contribution is -2.39. The number of aromatic nitrogens is 2. The topological polar surface area (TPSA) is 56.6 Å². The van der Waals surface area contributed by atoms with Gasteiger partial charge in [-0.1, -0.05) is 0 Å². The van der Waals surface area contributed by atoms with Crippen LogP contribution in [0.15, 0.2) is 12.4 Å². The standard InChI is InChI=1S/C15H25N3O3/c1-12(2)18(9-13-7-16-17(3)8-13)15(19)11-20-10-14-5-4-6-21-14/h7-8,12,14H,4-6,9-11H2,1-3H3. The quantitative estimate of drug-likeness (QED) is 0.762. The number of ether oxygens (including phenoxy) is 2. The van der Waals surface area contributed by atoms with Gasteiger partial charge in [-0.25, -0.2) is 0 Å². The second kappa shape index (κ2) is 7.56. The van der Waals surface area contributed by atoms with E-state index in [0.717, 1.165) is 25.0 Å². The molecule has 0 radical (unpaired) electrons. The molecule has 0 N–H and O–H groups in total. The Labute approximate surface area is 126 Å². The van der Waals surface area contributed by atoms with Crippen molar-refractivity contribution < 1.29 is 14.3 Å². The van der Waals surface area contributed by atoms with Crippen LogP contribution in [-0.4, -0.2) is 52.6 Å². The van der Waals surface area contributed by atoms with Gasteiger partial charge < -0.3 is 14.4 Å². The monoisotopic (exact) mass is 295 g/mol. The molecule has 1 fully saturated rings. The van der Waals surface area contributed by atoms with Crippen LogP contribution in [0.25, 0.3) is 0 Å². The average molecular weight is 295 g/mol. The van der Waals surface area contributed by atoms with Crippen molar-refractivity contribution in [3.63, 3.8) is 0 Å². The van der Waals surface area contributed by atoms with Crippen molar-refractivity contribution in [2.24, 2.45) is 7.05 Å². The summed E-state index contributed by atoms with van der Waals surface area (Å²) in [5.74, 6) is 0.00634. The van der Waals surface area contributed by atoms with E-state index in [1.807, 2.05) is 32.0 Å². The molecular weight excluding hydrogens is 270 g/mol. The summed E-state index contributed by atoms with van der Waals surface area (Å²) in [6.45, 7) is 6.00. The van der Waals surface area contributed by atoms with E-state index in [1.54, 1.807) is 10.9 Å². The van der Waals surface area contributed by atoms with Crippen LogP contribution in [0.5, 0.6) is 0 Å². The van der Waals surface area contributed by atoms with Crippen molar-refractivity contribution in [1.29, 1.82) is 0 Å². The molecule has 1 aromatic rings. The number of rotatable bonds is 7. The summed E-state index contributed by atoms with van der Waals surface area (Å²) in [5, 5.41) is 4.13. The molecular formula is C15H25N3O3. The van der Waals surface area contributed by atoms with Gasteiger partial charge in [0.05, 0.1) is 18.9 Å². The molecule has 1 atom stereocenters. The van der Waals surface area contributed by atoms with Gasteiger partial charge in [-0.3, -0.25) is 9.48 Å². The Balaban J connectivity index is 1.80. The number of nitrogens with zero attached hydrogens (tertiary/aromatic N) is 3. The van der Waals surface area contributed by atoms with E-state index in [2.05, 4.69) is 5.10 Å². The Kier molecular flexibility index (Phi) is 5.76. The fourth-order valence-electron chi connectivity index (χ4n) is 2.45. The first kappa shape index (κ1) is 16.0. The molecule has 6 heteroatoms. The second-order valence-corrected chi connectivity index (χ2v) is 5.79. The van der Waals surface area contributed by atoms with Crippen molar-refractivity contribution >= 4 is 5.91 Å². The highest BCUT2D eigenvalue weighted by molar-refractivity contribution is 5.77. The molecule has 1 aromatic heterocycles. The molecule has 1 amide bonds. The van der Waals surface area contributed by atoms with Gasteiger partial charge in [-0.05, 0) is 26.7 Å². The van der Waals surface area contributed by atoms with Gasteiger partial charge in [0.25, 0.3) is 0 Å². The van der Waals surface area contributed by atoms with Gasteiger partial charge in [-0.15, -0.1) is 0 Å². The van der Waals surface area contributed by atoms with Gasteiger partial charge in [0.2, 0.25) is 5.91 Å². The predicted molar refractivity (Wildman–Crippen MR) is 78.7 cm³/mol. The van der Waals surface area contributed by atoms with Crippen molar-refractivity contribution in [3.05, 3.63) is 18.0 Å². The molecule has 0 saturated carbocycles. The smallest absolute Gasteiger partial charge is 0.249 e. The molecule has 1 unspecified atom stereocenters. The van der Waals surface area contributed by atoms with Crippen LogP contribution >= 0.6 is 0 Å². The van der Waals surface area contributed by atoms with Gasteiger partial charge in [0, 0.05) is 38.0 Å². The van der Waals surface area contributed by atoms with E-state index >= 15 is 0 Å². The van der Waals surface area contributed by atoms with E-state index in [1.165, 1.54) is 0 Å². The molecule has 2 rings (SSSR count). The Morgan fingerprint density at radius 2 is 2.43 bits per heavy atom. The number of amides is 1. The molecule has 21 heavy (non-hydrogen) atoms. The van der Waals surface area contributed by atoms with E-state index < -0.39 is 0 Å². The maximum Gasteiger partial charge on any atom is 0.249 e. The van der Waals surface area contributed by atoms with Crippen LogP contribution in [0.2, 0.25) is 0 Å². The van der Waals surface area contributed by atoms with Gasteiger partial charge in [0.1, 0.15) is 6.61 Å². The SMILES string of the molecule is CC(C)N(Cc1cnn(C)c1)C(=O)COCC1CCCO1. The Morgan fingerprint density at radius 3 is 3.00 bits per heavy atom. The fraction of sp³-hybridized carbons (Fsp3) is 0.733. The van der Waals surface area contributed by atoms with Crippen LogP contribution < -0.4 is 0 Å². The summed E-state index contributed by atoms with van der Waals surface area (Å²) in [5.41, 5.74) is 1.03. The molecule has 0 aromatic carbocycles. The highest BCUT2D eigenvalue weighted by atomic mass is 16.5. The van der Waals surface area contributed by atoms with Crippen molar-refractivity contribution in [2.75, 3.05) is 19.8 Å². The van der Waals surface area contributed by atoms with Crippen LogP contribution in [0.3, 0.4) is 0 Å². The zero-order valence-electron chi connectivity index (χ0n) is 13.1. The zero-order chi connectivity index (χ0) is 15.2. The van der Waals surface area contributed by atoms with Crippen molar-refractivity contribution in [3.8, 4) is 0 Å². The zero-order valence-corrected chi connectivity index (χ0v) is 13.1. The summed E-state index contributed by atoms with van der Waals surface area (Å²) < 4.78 is 12.7. The molecule has 0 aliphatic carbocycles. The number of carbonyl (C=O) groups excluding carboxylic acids is 1. The number of hydrogen-bond donors (Lipinski definition) is 0. The highest BCUT2D eigenvalue weighted by Crippen LogP contribution is 2.12. The van der Waals surface area contributed by atoms with E-state index in [4.69, 9.17) is 9.47 Å². The minimum absolute atomic E-state index is 0.00634. The van der Waals surface area contributed by atoms with Crippen molar-refractivity contribution in [2.45, 2.75) is 45.4 Å². The van der Waals surface area contributed by atoms with Crippen LogP contribution in [0.1, 0.15) is 32.3 Å². The second-order valence-electron chi connectivity index (χ2n) is 5.79. The summed E-state index contributed by atoms with van der Waals surface area (Å²) in [4.78, 5) is 14.1. The molecule has 118 valence electrons. The van der Waals surface area contributed by atoms with Gasteiger partial charge in [0.15, 0.2) is 0 Å². The van der Waals surface area contributed by atoms with Crippen LogP contribution in [-0.2, 0) is 27.9 Å². The van der Waals surface area contributed by atoms with E-state index in [9.17, 15) is 4.79 Å². The third-order valence-electron chi connectivity index (χ3n) is 3.61. The first-order chi connectivity index (χ1) is 10.1. The third-order valence-corrected chi connectivity index (χ3v) is 3.61. The lowest BCUT2D eigenvalue weighted by Gasteiger charge is -2.26.